The monoisotopic (exact) mass is 447 g/mol. The minimum atomic E-state index is -1.15. The second-order valence-electron chi connectivity index (χ2n) is 8.72. The number of hydrogen-bond acceptors (Lipinski definition) is 5. The van der Waals surface area contributed by atoms with E-state index in [0.717, 1.165) is 5.56 Å². The Bertz CT molecular complexity index is 918. The summed E-state index contributed by atoms with van der Waals surface area (Å²) in [5, 5.41) is 14.1. The van der Waals surface area contributed by atoms with E-state index >= 15 is 0 Å². The number of nitrogens with one attached hydrogen (secondary N) is 2. The van der Waals surface area contributed by atoms with Crippen molar-refractivity contribution in [3.63, 3.8) is 0 Å². The number of carboxylic acid groups (broad SMARTS) is 1. The topological polar surface area (TPSA) is 116 Å². The highest BCUT2D eigenvalue weighted by molar-refractivity contribution is 8.01. The van der Waals surface area contributed by atoms with Gasteiger partial charge in [0.15, 0.2) is 0 Å². The predicted molar refractivity (Wildman–Crippen MR) is 117 cm³/mol. The van der Waals surface area contributed by atoms with Gasteiger partial charge in [-0.05, 0) is 38.3 Å². The van der Waals surface area contributed by atoms with E-state index in [1.54, 1.807) is 28.8 Å². The second-order valence-corrected chi connectivity index (χ2v) is 10.5. The van der Waals surface area contributed by atoms with Crippen LogP contribution in [0.2, 0.25) is 0 Å². The summed E-state index contributed by atoms with van der Waals surface area (Å²) in [7, 11) is 0. The zero-order valence-corrected chi connectivity index (χ0v) is 19.2. The van der Waals surface area contributed by atoms with Gasteiger partial charge in [0.2, 0.25) is 11.8 Å². The summed E-state index contributed by atoms with van der Waals surface area (Å²) in [5.74, 6) is -2.52. The molecule has 0 saturated carbocycles. The molecule has 0 bridgehead atoms. The van der Waals surface area contributed by atoms with E-state index in [9.17, 15) is 19.2 Å². The van der Waals surface area contributed by atoms with E-state index in [4.69, 9.17) is 5.11 Å². The van der Waals surface area contributed by atoms with Crippen molar-refractivity contribution < 1.29 is 24.3 Å². The van der Waals surface area contributed by atoms with Crippen molar-refractivity contribution in [3.8, 4) is 0 Å². The smallest absolute Gasteiger partial charge is 0.325 e. The zero-order chi connectivity index (χ0) is 23.1. The maximum atomic E-state index is 13.4. The number of carbonyl (C=O) groups is 4. The molecule has 0 unspecified atom stereocenters. The van der Waals surface area contributed by atoms with Gasteiger partial charge in [-0.25, -0.2) is 0 Å². The van der Waals surface area contributed by atoms with Gasteiger partial charge in [-0.1, -0.05) is 38.5 Å². The van der Waals surface area contributed by atoms with Gasteiger partial charge >= 0.3 is 5.97 Å². The number of fused-ring (bicyclic) bond motifs is 3. The van der Waals surface area contributed by atoms with Gasteiger partial charge in [0.1, 0.15) is 23.5 Å². The fraction of sp³-hybridized carbons (Fsp3) is 0.545. The zero-order valence-electron chi connectivity index (χ0n) is 18.3. The van der Waals surface area contributed by atoms with Crippen LogP contribution < -0.4 is 10.6 Å². The van der Waals surface area contributed by atoms with Crippen LogP contribution in [0, 0.1) is 5.92 Å². The van der Waals surface area contributed by atoms with Crippen LogP contribution in [0.15, 0.2) is 24.3 Å². The number of aliphatic carboxylic acids is 1. The van der Waals surface area contributed by atoms with Gasteiger partial charge in [-0.3, -0.25) is 19.2 Å². The molecule has 2 aliphatic rings. The van der Waals surface area contributed by atoms with E-state index < -0.39 is 40.7 Å². The molecule has 168 valence electrons. The highest BCUT2D eigenvalue weighted by Crippen LogP contribution is 2.56. The Kier molecular flexibility index (Phi) is 6.36. The van der Waals surface area contributed by atoms with E-state index in [1.165, 1.54) is 6.92 Å². The lowest BCUT2D eigenvalue weighted by Crippen LogP contribution is -2.59. The molecule has 0 spiro atoms. The molecule has 3 rings (SSSR count). The molecule has 1 fully saturated rings. The van der Waals surface area contributed by atoms with Crippen LogP contribution in [0.25, 0.3) is 0 Å². The second kappa shape index (κ2) is 8.53. The lowest BCUT2D eigenvalue weighted by atomic mass is 9.95. The van der Waals surface area contributed by atoms with Gasteiger partial charge in [-0.15, -0.1) is 11.8 Å². The first-order valence-electron chi connectivity index (χ1n) is 10.4. The third kappa shape index (κ3) is 4.15. The molecular formula is C22H29N3O5S. The first kappa shape index (κ1) is 23.1. The molecule has 1 aromatic carbocycles. The van der Waals surface area contributed by atoms with Gasteiger partial charge in [0, 0.05) is 10.3 Å². The van der Waals surface area contributed by atoms with E-state index in [1.807, 2.05) is 39.8 Å². The first-order valence-corrected chi connectivity index (χ1v) is 11.3. The molecule has 2 aliphatic heterocycles. The molecule has 0 aromatic heterocycles. The van der Waals surface area contributed by atoms with E-state index in [-0.39, 0.29) is 17.2 Å². The highest BCUT2D eigenvalue weighted by Gasteiger charge is 2.57. The summed E-state index contributed by atoms with van der Waals surface area (Å²) in [5.41, 5.74) is 1.49. The molecule has 1 aromatic rings. The average molecular weight is 448 g/mol. The molecule has 8 nitrogen and oxygen atoms in total. The maximum Gasteiger partial charge on any atom is 0.325 e. The van der Waals surface area contributed by atoms with Crippen LogP contribution in [0.3, 0.4) is 0 Å². The maximum absolute atomic E-state index is 13.4. The van der Waals surface area contributed by atoms with Crippen molar-refractivity contribution in [2.45, 2.75) is 69.3 Å². The summed E-state index contributed by atoms with van der Waals surface area (Å²) in [4.78, 5) is 52.0. The minimum absolute atomic E-state index is 0.192. The number of rotatable bonds is 7. The molecule has 5 atom stereocenters. The molecule has 0 aliphatic carbocycles. The minimum Gasteiger partial charge on any atom is -0.480 e. The van der Waals surface area contributed by atoms with Crippen molar-refractivity contribution in [3.05, 3.63) is 35.4 Å². The van der Waals surface area contributed by atoms with Crippen LogP contribution >= 0.6 is 11.8 Å². The van der Waals surface area contributed by atoms with Crippen molar-refractivity contribution in [2.75, 3.05) is 0 Å². The SMILES string of the molecule is CC[C@@H](C)[C@H](NC(=O)[C@@H]1N2C(=O)c3ccccc3[C@H]2SC1(C)C)C(=O)N[C@@H](C)C(=O)O. The molecule has 3 amide bonds. The van der Waals surface area contributed by atoms with Crippen molar-refractivity contribution >= 4 is 35.5 Å². The van der Waals surface area contributed by atoms with Crippen LogP contribution in [-0.4, -0.2) is 56.6 Å². The van der Waals surface area contributed by atoms with Crippen molar-refractivity contribution in [2.24, 2.45) is 5.92 Å². The third-order valence-electron chi connectivity index (χ3n) is 6.07. The molecular weight excluding hydrogens is 418 g/mol. The van der Waals surface area contributed by atoms with Crippen LogP contribution in [0.5, 0.6) is 0 Å². The largest absolute Gasteiger partial charge is 0.480 e. The Labute approximate surface area is 186 Å². The number of amides is 3. The highest BCUT2D eigenvalue weighted by atomic mass is 32.2. The van der Waals surface area contributed by atoms with Gasteiger partial charge < -0.3 is 20.6 Å². The Morgan fingerprint density at radius 2 is 1.84 bits per heavy atom. The molecule has 31 heavy (non-hydrogen) atoms. The summed E-state index contributed by atoms with van der Waals surface area (Å²) in [6, 6.07) is 4.61. The normalized spacial score (nSPS) is 24.0. The number of benzene rings is 1. The van der Waals surface area contributed by atoms with E-state index in [2.05, 4.69) is 10.6 Å². The molecule has 9 heteroatoms. The number of nitrogens with zero attached hydrogens (tertiary/aromatic N) is 1. The fourth-order valence-electron chi connectivity index (χ4n) is 4.10. The molecule has 0 radical (unpaired) electrons. The van der Waals surface area contributed by atoms with Crippen molar-refractivity contribution in [1.82, 2.24) is 15.5 Å². The first-order chi connectivity index (χ1) is 14.5. The van der Waals surface area contributed by atoms with E-state index in [0.29, 0.717) is 12.0 Å². The third-order valence-corrected chi connectivity index (χ3v) is 7.60. The molecule has 2 heterocycles. The van der Waals surface area contributed by atoms with Gasteiger partial charge in [0.05, 0.1) is 0 Å². The van der Waals surface area contributed by atoms with Gasteiger partial charge in [0.25, 0.3) is 5.91 Å². The summed E-state index contributed by atoms with van der Waals surface area (Å²) in [6.45, 7) is 8.92. The number of hydrogen-bond donors (Lipinski definition) is 3. The summed E-state index contributed by atoms with van der Waals surface area (Å²) in [6.07, 6.45) is 0.610. The predicted octanol–water partition coefficient (Wildman–Crippen LogP) is 2.16. The average Bonchev–Trinajstić information content (AvgIpc) is 3.14. The Hall–Kier alpha value is -2.55. The summed E-state index contributed by atoms with van der Waals surface area (Å²) >= 11 is 1.55. The van der Waals surface area contributed by atoms with Crippen LogP contribution in [-0.2, 0) is 14.4 Å². The fourth-order valence-corrected chi connectivity index (χ4v) is 5.69. The lowest BCUT2D eigenvalue weighted by Gasteiger charge is -2.32. The lowest BCUT2D eigenvalue weighted by molar-refractivity contribution is -0.142. The number of carbonyl (C=O) groups excluding carboxylic acids is 3. The van der Waals surface area contributed by atoms with Gasteiger partial charge in [-0.2, -0.15) is 0 Å². The number of carboxylic acids is 1. The van der Waals surface area contributed by atoms with Crippen LogP contribution in [0.4, 0.5) is 0 Å². The Morgan fingerprint density at radius 3 is 2.45 bits per heavy atom. The number of thioether (sulfide) groups is 1. The standard InChI is InChI=1S/C22H29N3O5S/c1-6-11(2)15(17(26)23-12(3)21(29)30)24-18(27)16-22(4,5)31-20-14-10-8-7-9-13(14)19(28)25(16)20/h7-12,15-16,20H,6H2,1-5H3,(H,23,26)(H,24,27)(H,29,30)/t11-,12+,15+,16+,20-/m1/s1. The molecule has 3 N–H and O–H groups in total. The Balaban J connectivity index is 1.85. The molecule has 1 saturated heterocycles. The Morgan fingerprint density at radius 1 is 1.19 bits per heavy atom. The quantitative estimate of drug-likeness (QED) is 0.590. The summed E-state index contributed by atoms with van der Waals surface area (Å²) < 4.78 is -0.567. The van der Waals surface area contributed by atoms with Crippen LogP contribution in [0.1, 0.15) is 62.3 Å². The van der Waals surface area contributed by atoms with Crippen molar-refractivity contribution in [1.29, 1.82) is 0 Å².